The van der Waals surface area contributed by atoms with Crippen LogP contribution in [0.25, 0.3) is 0 Å². The van der Waals surface area contributed by atoms with Crippen molar-refractivity contribution < 1.29 is 9.53 Å². The smallest absolute Gasteiger partial charge is 0.227 e. The predicted octanol–water partition coefficient (Wildman–Crippen LogP) is 2.16. The lowest BCUT2D eigenvalue weighted by Gasteiger charge is -2.36. The molecule has 1 unspecified atom stereocenters. The average Bonchev–Trinajstić information content (AvgIpc) is 2.63. The first kappa shape index (κ1) is 16.7. The molecule has 0 radical (unpaired) electrons. The van der Waals surface area contributed by atoms with E-state index in [1.165, 1.54) is 0 Å². The molecule has 1 aromatic heterocycles. The molecular formula is C18H20ClN3O2. The van der Waals surface area contributed by atoms with Gasteiger partial charge in [0.15, 0.2) is 0 Å². The van der Waals surface area contributed by atoms with Crippen molar-refractivity contribution in [2.24, 2.45) is 0 Å². The Morgan fingerprint density at radius 2 is 2.17 bits per heavy atom. The normalized spacial score (nSPS) is 17.5. The van der Waals surface area contributed by atoms with E-state index in [2.05, 4.69) is 10.3 Å². The molecule has 1 fully saturated rings. The quantitative estimate of drug-likeness (QED) is 0.902. The molecule has 2 aromatic rings. The van der Waals surface area contributed by atoms with Gasteiger partial charge in [0.1, 0.15) is 12.4 Å². The van der Waals surface area contributed by atoms with Crippen LogP contribution < -0.4 is 10.1 Å². The molecule has 1 saturated heterocycles. The highest BCUT2D eigenvalue weighted by molar-refractivity contribution is 6.30. The third-order valence-corrected chi connectivity index (χ3v) is 4.27. The number of carbonyl (C=O) groups is 1. The number of hydrogen-bond acceptors (Lipinski definition) is 4. The molecule has 2 heterocycles. The van der Waals surface area contributed by atoms with Crippen molar-refractivity contribution in [3.05, 3.63) is 59.4 Å². The Morgan fingerprint density at radius 3 is 2.92 bits per heavy atom. The van der Waals surface area contributed by atoms with E-state index in [0.717, 1.165) is 18.7 Å². The number of carbonyl (C=O) groups excluding carboxylic acids is 1. The van der Waals surface area contributed by atoms with Crippen molar-refractivity contribution >= 4 is 17.5 Å². The van der Waals surface area contributed by atoms with Gasteiger partial charge in [-0.05, 0) is 29.8 Å². The minimum Gasteiger partial charge on any atom is -0.490 e. The Morgan fingerprint density at radius 1 is 1.33 bits per heavy atom. The molecule has 1 N–H and O–H groups in total. The van der Waals surface area contributed by atoms with Gasteiger partial charge < -0.3 is 15.0 Å². The first-order valence-electron chi connectivity index (χ1n) is 8.00. The molecule has 5 nitrogen and oxygen atoms in total. The first-order chi connectivity index (χ1) is 11.7. The highest BCUT2D eigenvalue weighted by Crippen LogP contribution is 2.14. The summed E-state index contributed by atoms with van der Waals surface area (Å²) in [6.07, 6.45) is 3.76. The van der Waals surface area contributed by atoms with Gasteiger partial charge in [-0.25, -0.2) is 0 Å². The zero-order valence-corrected chi connectivity index (χ0v) is 14.1. The van der Waals surface area contributed by atoms with E-state index in [4.69, 9.17) is 16.3 Å². The van der Waals surface area contributed by atoms with Crippen LogP contribution >= 0.6 is 11.6 Å². The SMILES string of the molecule is O=C(Cc1ccc(Cl)cc1)N1CCNCC1COc1cccnc1. The molecule has 3 rings (SSSR count). The summed E-state index contributed by atoms with van der Waals surface area (Å²) in [6, 6.07) is 11.1. The van der Waals surface area contributed by atoms with Crippen LogP contribution in [-0.2, 0) is 11.2 Å². The molecule has 1 aliphatic heterocycles. The summed E-state index contributed by atoms with van der Waals surface area (Å²) in [4.78, 5) is 18.6. The molecule has 0 saturated carbocycles. The fraction of sp³-hybridized carbons (Fsp3) is 0.333. The van der Waals surface area contributed by atoms with Crippen molar-refractivity contribution in [3.8, 4) is 5.75 Å². The van der Waals surface area contributed by atoms with Crippen LogP contribution in [0.2, 0.25) is 5.02 Å². The second-order valence-corrected chi connectivity index (χ2v) is 6.18. The molecule has 1 aromatic carbocycles. The number of piperazine rings is 1. The minimum absolute atomic E-state index is 0.0127. The van der Waals surface area contributed by atoms with Crippen molar-refractivity contribution in [3.63, 3.8) is 0 Å². The second-order valence-electron chi connectivity index (χ2n) is 5.75. The van der Waals surface area contributed by atoms with Crippen molar-refractivity contribution in [2.75, 3.05) is 26.2 Å². The monoisotopic (exact) mass is 345 g/mol. The molecule has 24 heavy (non-hydrogen) atoms. The van der Waals surface area contributed by atoms with Gasteiger partial charge in [0.05, 0.1) is 18.7 Å². The summed E-state index contributed by atoms with van der Waals surface area (Å²) < 4.78 is 5.78. The van der Waals surface area contributed by atoms with Crippen LogP contribution in [0.5, 0.6) is 5.75 Å². The van der Waals surface area contributed by atoms with Gasteiger partial charge in [-0.15, -0.1) is 0 Å². The summed E-state index contributed by atoms with van der Waals surface area (Å²) in [6.45, 7) is 2.67. The van der Waals surface area contributed by atoms with Gasteiger partial charge in [0.25, 0.3) is 0 Å². The number of benzene rings is 1. The topological polar surface area (TPSA) is 54.5 Å². The summed E-state index contributed by atoms with van der Waals surface area (Å²) in [5, 5.41) is 4.00. The highest BCUT2D eigenvalue weighted by Gasteiger charge is 2.27. The molecule has 0 spiro atoms. The van der Waals surface area contributed by atoms with E-state index in [0.29, 0.717) is 30.3 Å². The third kappa shape index (κ3) is 4.46. The predicted molar refractivity (Wildman–Crippen MR) is 93.3 cm³/mol. The van der Waals surface area contributed by atoms with Gasteiger partial charge >= 0.3 is 0 Å². The maximum Gasteiger partial charge on any atom is 0.227 e. The number of aromatic nitrogens is 1. The Bertz CT molecular complexity index is 664. The summed E-state index contributed by atoms with van der Waals surface area (Å²) in [5.74, 6) is 0.826. The van der Waals surface area contributed by atoms with E-state index in [1.54, 1.807) is 12.4 Å². The lowest BCUT2D eigenvalue weighted by molar-refractivity contribution is -0.134. The van der Waals surface area contributed by atoms with E-state index in [9.17, 15) is 4.79 Å². The Kier molecular flexibility index (Phi) is 5.67. The van der Waals surface area contributed by atoms with Crippen LogP contribution in [0.4, 0.5) is 0 Å². The number of nitrogens with one attached hydrogen (secondary N) is 1. The van der Waals surface area contributed by atoms with E-state index in [1.807, 2.05) is 41.3 Å². The number of hydrogen-bond donors (Lipinski definition) is 1. The summed E-state index contributed by atoms with van der Waals surface area (Å²) in [7, 11) is 0. The fourth-order valence-electron chi connectivity index (χ4n) is 2.74. The maximum atomic E-state index is 12.7. The highest BCUT2D eigenvalue weighted by atomic mass is 35.5. The number of amides is 1. The van der Waals surface area contributed by atoms with Gasteiger partial charge in [-0.2, -0.15) is 0 Å². The fourth-order valence-corrected chi connectivity index (χ4v) is 2.87. The standard InChI is InChI=1S/C18H20ClN3O2/c19-15-5-3-14(4-6-15)10-18(23)22-9-8-21-11-16(22)13-24-17-2-1-7-20-12-17/h1-7,12,16,21H,8-11,13H2. The van der Waals surface area contributed by atoms with Crippen LogP contribution in [-0.4, -0.2) is 48.1 Å². The number of nitrogens with zero attached hydrogens (tertiary/aromatic N) is 2. The van der Waals surface area contributed by atoms with Crippen LogP contribution in [0.1, 0.15) is 5.56 Å². The van der Waals surface area contributed by atoms with E-state index < -0.39 is 0 Å². The van der Waals surface area contributed by atoms with Crippen molar-refractivity contribution in [2.45, 2.75) is 12.5 Å². The van der Waals surface area contributed by atoms with Crippen LogP contribution in [0.3, 0.4) is 0 Å². The Balaban J connectivity index is 1.60. The number of rotatable bonds is 5. The number of pyridine rings is 1. The van der Waals surface area contributed by atoms with Gasteiger partial charge in [-0.3, -0.25) is 9.78 Å². The number of ether oxygens (including phenoxy) is 1. The Hall–Kier alpha value is -2.11. The molecular weight excluding hydrogens is 326 g/mol. The largest absolute Gasteiger partial charge is 0.490 e. The second kappa shape index (κ2) is 8.13. The molecule has 0 aliphatic carbocycles. The molecule has 6 heteroatoms. The first-order valence-corrected chi connectivity index (χ1v) is 8.37. The maximum absolute atomic E-state index is 12.7. The third-order valence-electron chi connectivity index (χ3n) is 4.02. The number of halogens is 1. The zero-order valence-electron chi connectivity index (χ0n) is 13.3. The lowest BCUT2D eigenvalue weighted by Crippen LogP contribution is -2.56. The lowest BCUT2D eigenvalue weighted by atomic mass is 10.1. The molecule has 1 amide bonds. The molecule has 126 valence electrons. The summed E-state index contributed by atoms with van der Waals surface area (Å²) >= 11 is 5.89. The van der Waals surface area contributed by atoms with Crippen molar-refractivity contribution in [1.29, 1.82) is 0 Å². The van der Waals surface area contributed by atoms with Crippen molar-refractivity contribution in [1.82, 2.24) is 15.2 Å². The summed E-state index contributed by atoms with van der Waals surface area (Å²) in [5.41, 5.74) is 0.967. The van der Waals surface area contributed by atoms with Crippen LogP contribution in [0, 0.1) is 0 Å². The van der Waals surface area contributed by atoms with Crippen LogP contribution in [0.15, 0.2) is 48.8 Å². The van der Waals surface area contributed by atoms with E-state index >= 15 is 0 Å². The van der Waals surface area contributed by atoms with Gasteiger partial charge in [-0.1, -0.05) is 23.7 Å². The average molecular weight is 346 g/mol. The Labute approximate surface area is 146 Å². The zero-order chi connectivity index (χ0) is 16.8. The molecule has 1 atom stereocenters. The molecule has 1 aliphatic rings. The van der Waals surface area contributed by atoms with Gasteiger partial charge in [0, 0.05) is 30.9 Å². The van der Waals surface area contributed by atoms with E-state index in [-0.39, 0.29) is 11.9 Å². The van der Waals surface area contributed by atoms with Gasteiger partial charge in [0.2, 0.25) is 5.91 Å². The minimum atomic E-state index is 0.0127. The molecule has 0 bridgehead atoms.